The molecule has 1 fully saturated rings. The number of amides is 2. The first-order valence-corrected chi connectivity index (χ1v) is 11.7. The van der Waals surface area contributed by atoms with Crippen molar-refractivity contribution in [2.45, 2.75) is 13.5 Å². The van der Waals surface area contributed by atoms with Crippen molar-refractivity contribution in [2.75, 3.05) is 20.7 Å². The predicted octanol–water partition coefficient (Wildman–Crippen LogP) is 4.63. The van der Waals surface area contributed by atoms with Crippen LogP contribution in [0.4, 0.5) is 0 Å². The van der Waals surface area contributed by atoms with Crippen LogP contribution >= 0.6 is 50.7 Å². The van der Waals surface area contributed by atoms with E-state index in [1.165, 1.54) is 15.9 Å². The van der Waals surface area contributed by atoms with Gasteiger partial charge in [0.05, 0.1) is 6.61 Å². The maximum Gasteiger partial charge on any atom is 0.265 e. The van der Waals surface area contributed by atoms with Crippen molar-refractivity contribution in [3.63, 3.8) is 0 Å². The molecule has 0 unspecified atom stereocenters. The SMILES string of the molecule is CCOc1cc(C=C2C(=O)N(C)C(=S)N(C)C2=O)c(Br)cc1OCc1ccc(I)cc1. The van der Waals surface area contributed by atoms with Crippen LogP contribution in [0.1, 0.15) is 18.1 Å². The van der Waals surface area contributed by atoms with Gasteiger partial charge in [0, 0.05) is 22.1 Å². The fourth-order valence-corrected chi connectivity index (χ4v) is 3.88. The molecule has 0 aliphatic carbocycles. The third-order valence-corrected chi connectivity index (χ3v) is 6.57. The van der Waals surface area contributed by atoms with Gasteiger partial charge < -0.3 is 9.47 Å². The highest BCUT2D eigenvalue weighted by Crippen LogP contribution is 2.36. The maximum atomic E-state index is 12.6. The van der Waals surface area contributed by atoms with Crippen LogP contribution in [0.3, 0.4) is 0 Å². The molecule has 0 radical (unpaired) electrons. The number of thiocarbonyl (C=S) groups is 1. The molecule has 1 heterocycles. The Labute approximate surface area is 208 Å². The van der Waals surface area contributed by atoms with Gasteiger partial charge in [0.2, 0.25) is 0 Å². The minimum Gasteiger partial charge on any atom is -0.490 e. The molecular formula is C22H20BrIN2O4S. The Kier molecular flexibility index (Phi) is 7.71. The molecule has 0 bridgehead atoms. The number of carbonyl (C=O) groups excluding carboxylic acids is 2. The number of benzene rings is 2. The zero-order valence-corrected chi connectivity index (χ0v) is 21.7. The molecule has 162 valence electrons. The van der Waals surface area contributed by atoms with Gasteiger partial charge in [0.1, 0.15) is 12.2 Å². The van der Waals surface area contributed by atoms with E-state index in [9.17, 15) is 9.59 Å². The summed E-state index contributed by atoms with van der Waals surface area (Å²) in [6.07, 6.45) is 1.54. The first-order chi connectivity index (χ1) is 14.7. The van der Waals surface area contributed by atoms with Crippen LogP contribution < -0.4 is 9.47 Å². The van der Waals surface area contributed by atoms with Crippen LogP contribution in [0.25, 0.3) is 6.08 Å². The third-order valence-electron chi connectivity index (χ3n) is 4.61. The molecule has 0 spiro atoms. The predicted molar refractivity (Wildman–Crippen MR) is 135 cm³/mol. The van der Waals surface area contributed by atoms with Crippen LogP contribution in [0, 0.1) is 3.57 Å². The molecule has 0 atom stereocenters. The highest BCUT2D eigenvalue weighted by Gasteiger charge is 2.35. The second kappa shape index (κ2) is 10.1. The summed E-state index contributed by atoms with van der Waals surface area (Å²) in [5.74, 6) is 0.191. The van der Waals surface area contributed by atoms with Crippen LogP contribution in [0.15, 0.2) is 46.4 Å². The first kappa shape index (κ1) is 23.7. The normalized spacial score (nSPS) is 14.2. The summed E-state index contributed by atoms with van der Waals surface area (Å²) >= 11 is 10.9. The minimum atomic E-state index is -0.447. The molecule has 31 heavy (non-hydrogen) atoms. The standard InChI is InChI=1S/C22H20BrIN2O4S/c1-4-29-18-10-14(9-16-20(27)25(2)22(31)26(3)21(16)28)17(23)11-19(18)30-12-13-5-7-15(24)8-6-13/h5-11H,4,12H2,1-3H3. The van der Waals surface area contributed by atoms with Gasteiger partial charge in [-0.15, -0.1) is 0 Å². The number of rotatable bonds is 6. The molecule has 0 N–H and O–H groups in total. The summed E-state index contributed by atoms with van der Waals surface area (Å²) in [7, 11) is 3.09. The molecule has 2 aromatic carbocycles. The first-order valence-electron chi connectivity index (χ1n) is 9.38. The van der Waals surface area contributed by atoms with E-state index < -0.39 is 11.8 Å². The van der Waals surface area contributed by atoms with Gasteiger partial charge in [-0.1, -0.05) is 28.1 Å². The van der Waals surface area contributed by atoms with Crippen LogP contribution in [-0.2, 0) is 16.2 Å². The second-order valence-corrected chi connectivity index (χ2v) is 9.20. The lowest BCUT2D eigenvalue weighted by molar-refractivity contribution is -0.132. The van der Waals surface area contributed by atoms with Crippen molar-refractivity contribution >= 4 is 73.7 Å². The average molecular weight is 615 g/mol. The lowest BCUT2D eigenvalue weighted by atomic mass is 10.1. The van der Waals surface area contributed by atoms with Crippen LogP contribution in [-0.4, -0.2) is 47.4 Å². The van der Waals surface area contributed by atoms with Gasteiger partial charge >= 0.3 is 0 Å². The van der Waals surface area contributed by atoms with E-state index in [1.807, 2.05) is 31.2 Å². The van der Waals surface area contributed by atoms with Crippen molar-refractivity contribution in [2.24, 2.45) is 0 Å². The van der Waals surface area contributed by atoms with Crippen LogP contribution in [0.5, 0.6) is 11.5 Å². The third kappa shape index (κ3) is 5.27. The molecular weight excluding hydrogens is 595 g/mol. The zero-order chi connectivity index (χ0) is 22.7. The highest BCUT2D eigenvalue weighted by molar-refractivity contribution is 14.1. The molecule has 1 aliphatic rings. The second-order valence-electron chi connectivity index (χ2n) is 6.74. The van der Waals surface area contributed by atoms with Crippen molar-refractivity contribution < 1.29 is 19.1 Å². The van der Waals surface area contributed by atoms with E-state index in [-0.39, 0.29) is 10.7 Å². The summed E-state index contributed by atoms with van der Waals surface area (Å²) in [6, 6.07) is 11.6. The van der Waals surface area contributed by atoms with E-state index in [4.69, 9.17) is 21.7 Å². The molecule has 0 saturated carbocycles. The number of likely N-dealkylation sites (N-methyl/N-ethyl adjacent to an activating group) is 2. The number of ether oxygens (including phenoxy) is 2. The van der Waals surface area contributed by atoms with Gasteiger partial charge in [-0.25, -0.2) is 0 Å². The molecule has 0 aromatic heterocycles. The highest BCUT2D eigenvalue weighted by atomic mass is 127. The smallest absolute Gasteiger partial charge is 0.265 e. The molecule has 6 nitrogen and oxygen atoms in total. The lowest BCUT2D eigenvalue weighted by Crippen LogP contribution is -2.52. The molecule has 3 rings (SSSR count). The van der Waals surface area contributed by atoms with Crippen molar-refractivity contribution in [1.29, 1.82) is 0 Å². The van der Waals surface area contributed by atoms with Crippen molar-refractivity contribution in [3.05, 3.63) is 61.1 Å². The summed E-state index contributed by atoms with van der Waals surface area (Å²) < 4.78 is 13.6. The van der Waals surface area contributed by atoms with E-state index >= 15 is 0 Å². The Balaban J connectivity index is 1.93. The van der Waals surface area contributed by atoms with Crippen molar-refractivity contribution in [1.82, 2.24) is 9.80 Å². The monoisotopic (exact) mass is 614 g/mol. The maximum absolute atomic E-state index is 12.6. The Hall–Kier alpha value is -1.98. The van der Waals surface area contributed by atoms with Gasteiger partial charge in [-0.2, -0.15) is 0 Å². The van der Waals surface area contributed by atoms with Gasteiger partial charge in [0.15, 0.2) is 16.6 Å². The molecule has 1 saturated heterocycles. The fourth-order valence-electron chi connectivity index (χ4n) is 2.91. The summed E-state index contributed by atoms with van der Waals surface area (Å²) in [6.45, 7) is 2.70. The van der Waals surface area contributed by atoms with Gasteiger partial charge in [0.25, 0.3) is 11.8 Å². The molecule has 2 amide bonds. The summed E-state index contributed by atoms with van der Waals surface area (Å²) in [4.78, 5) is 27.8. The Morgan fingerprint density at radius 2 is 1.61 bits per heavy atom. The molecule has 9 heteroatoms. The molecule has 2 aromatic rings. The van der Waals surface area contributed by atoms with Crippen LogP contribution in [0.2, 0.25) is 0 Å². The van der Waals surface area contributed by atoms with E-state index in [0.717, 1.165) is 9.13 Å². The number of carbonyl (C=O) groups is 2. The topological polar surface area (TPSA) is 59.1 Å². The summed E-state index contributed by atoms with van der Waals surface area (Å²) in [5.41, 5.74) is 1.68. The minimum absolute atomic E-state index is 0.0225. The Bertz CT molecular complexity index is 1050. The number of nitrogens with zero attached hydrogens (tertiary/aromatic N) is 2. The van der Waals surface area contributed by atoms with Gasteiger partial charge in [-0.3, -0.25) is 19.4 Å². The van der Waals surface area contributed by atoms with Crippen molar-refractivity contribution in [3.8, 4) is 11.5 Å². The zero-order valence-electron chi connectivity index (χ0n) is 17.1. The average Bonchev–Trinajstić information content (AvgIpc) is 2.76. The van der Waals surface area contributed by atoms with Gasteiger partial charge in [-0.05, 0) is 83.2 Å². The fraction of sp³-hybridized carbons (Fsp3) is 0.227. The van der Waals surface area contributed by atoms with E-state index in [0.29, 0.717) is 34.7 Å². The largest absolute Gasteiger partial charge is 0.490 e. The number of hydrogen-bond donors (Lipinski definition) is 0. The number of halogens is 2. The van der Waals surface area contributed by atoms with E-state index in [2.05, 4.69) is 38.5 Å². The number of hydrogen-bond acceptors (Lipinski definition) is 5. The Morgan fingerprint density at radius 1 is 1.03 bits per heavy atom. The molecule has 1 aliphatic heterocycles. The Morgan fingerprint density at radius 3 is 2.19 bits per heavy atom. The lowest BCUT2D eigenvalue weighted by Gasteiger charge is -2.31. The summed E-state index contributed by atoms with van der Waals surface area (Å²) in [5, 5.41) is 0.167. The van der Waals surface area contributed by atoms with E-state index in [1.54, 1.807) is 26.2 Å². The quantitative estimate of drug-likeness (QED) is 0.206.